The molecule has 82 valence electrons. The van der Waals surface area contributed by atoms with E-state index < -0.39 is 0 Å². The van der Waals surface area contributed by atoms with E-state index in [0.29, 0.717) is 5.76 Å². The lowest BCUT2D eigenvalue weighted by Crippen LogP contribution is -1.94. The third-order valence-corrected chi connectivity index (χ3v) is 2.70. The minimum absolute atomic E-state index is 0.0356. The highest BCUT2D eigenvalue weighted by Gasteiger charge is 2.13. The average molecular weight is 214 g/mol. The zero-order chi connectivity index (χ0) is 11.5. The quantitative estimate of drug-likeness (QED) is 0.730. The Morgan fingerprint density at radius 2 is 1.81 bits per heavy atom. The fourth-order valence-electron chi connectivity index (χ4n) is 1.68. The SMILES string of the molecule is CC(=O)c1ccc(C(C)c2ccccc2)o1. The number of furan rings is 1. The van der Waals surface area contributed by atoms with Gasteiger partial charge in [0.05, 0.1) is 0 Å². The third-order valence-electron chi connectivity index (χ3n) is 2.70. The number of carbonyl (C=O) groups excluding carboxylic acids is 1. The van der Waals surface area contributed by atoms with Crippen molar-refractivity contribution in [3.05, 3.63) is 59.5 Å². The number of ketones is 1. The van der Waals surface area contributed by atoms with Gasteiger partial charge in [-0.3, -0.25) is 4.79 Å². The molecule has 2 nitrogen and oxygen atoms in total. The molecular formula is C14H14O2. The fourth-order valence-corrected chi connectivity index (χ4v) is 1.68. The Kier molecular flexibility index (Phi) is 2.91. The van der Waals surface area contributed by atoms with E-state index in [1.807, 2.05) is 24.3 Å². The van der Waals surface area contributed by atoms with Crippen molar-refractivity contribution in [1.29, 1.82) is 0 Å². The van der Waals surface area contributed by atoms with Crippen LogP contribution >= 0.6 is 0 Å². The van der Waals surface area contributed by atoms with Gasteiger partial charge in [-0.05, 0) is 17.7 Å². The van der Waals surface area contributed by atoms with Crippen LogP contribution in [0.15, 0.2) is 46.9 Å². The van der Waals surface area contributed by atoms with Crippen LogP contribution in [0.4, 0.5) is 0 Å². The van der Waals surface area contributed by atoms with Gasteiger partial charge in [0, 0.05) is 12.8 Å². The van der Waals surface area contributed by atoms with Crippen molar-refractivity contribution < 1.29 is 9.21 Å². The summed E-state index contributed by atoms with van der Waals surface area (Å²) in [4.78, 5) is 11.1. The van der Waals surface area contributed by atoms with Gasteiger partial charge >= 0.3 is 0 Å². The van der Waals surface area contributed by atoms with Gasteiger partial charge in [-0.25, -0.2) is 0 Å². The topological polar surface area (TPSA) is 30.2 Å². The molecule has 0 saturated heterocycles. The molecule has 1 aromatic heterocycles. The smallest absolute Gasteiger partial charge is 0.194 e. The Bertz CT molecular complexity index is 482. The van der Waals surface area contributed by atoms with E-state index in [9.17, 15) is 4.79 Å². The van der Waals surface area contributed by atoms with Crippen molar-refractivity contribution in [3.63, 3.8) is 0 Å². The van der Waals surface area contributed by atoms with E-state index in [1.165, 1.54) is 12.5 Å². The molecule has 2 aromatic rings. The maximum atomic E-state index is 11.1. The summed E-state index contributed by atoms with van der Waals surface area (Å²) < 4.78 is 5.51. The van der Waals surface area contributed by atoms with E-state index in [4.69, 9.17) is 4.42 Å². The molecule has 0 saturated carbocycles. The summed E-state index contributed by atoms with van der Waals surface area (Å²) in [6.07, 6.45) is 0. The van der Waals surface area contributed by atoms with Crippen LogP contribution < -0.4 is 0 Å². The van der Waals surface area contributed by atoms with Crippen molar-refractivity contribution in [2.24, 2.45) is 0 Å². The van der Waals surface area contributed by atoms with Gasteiger partial charge in [-0.2, -0.15) is 0 Å². The van der Waals surface area contributed by atoms with Crippen LogP contribution in [0.2, 0.25) is 0 Å². The number of hydrogen-bond acceptors (Lipinski definition) is 2. The predicted octanol–water partition coefficient (Wildman–Crippen LogP) is 3.63. The molecule has 0 N–H and O–H groups in total. The minimum Gasteiger partial charge on any atom is -0.457 e. The molecule has 16 heavy (non-hydrogen) atoms. The number of rotatable bonds is 3. The van der Waals surface area contributed by atoms with Crippen LogP contribution in [0.3, 0.4) is 0 Å². The second-order valence-corrected chi connectivity index (χ2v) is 3.89. The molecule has 0 aliphatic rings. The van der Waals surface area contributed by atoms with Gasteiger partial charge in [0.2, 0.25) is 0 Å². The summed E-state index contributed by atoms with van der Waals surface area (Å²) in [5.41, 5.74) is 1.19. The third kappa shape index (κ3) is 2.06. The summed E-state index contributed by atoms with van der Waals surface area (Å²) in [7, 11) is 0. The number of carbonyl (C=O) groups is 1. The van der Waals surface area contributed by atoms with E-state index in [2.05, 4.69) is 19.1 Å². The Labute approximate surface area is 94.9 Å². The summed E-state index contributed by atoms with van der Waals surface area (Å²) in [6.45, 7) is 3.58. The molecule has 0 amide bonds. The molecule has 1 atom stereocenters. The predicted molar refractivity (Wildman–Crippen MR) is 62.7 cm³/mol. The molecule has 0 radical (unpaired) electrons. The van der Waals surface area contributed by atoms with Crippen molar-refractivity contribution in [2.45, 2.75) is 19.8 Å². The van der Waals surface area contributed by atoms with Gasteiger partial charge in [-0.1, -0.05) is 37.3 Å². The lowest BCUT2D eigenvalue weighted by molar-refractivity contribution is 0.0985. The maximum absolute atomic E-state index is 11.1. The highest BCUT2D eigenvalue weighted by molar-refractivity contribution is 5.91. The maximum Gasteiger partial charge on any atom is 0.194 e. The Morgan fingerprint density at radius 3 is 2.38 bits per heavy atom. The molecule has 0 spiro atoms. The lowest BCUT2D eigenvalue weighted by atomic mass is 9.99. The Morgan fingerprint density at radius 1 is 1.12 bits per heavy atom. The van der Waals surface area contributed by atoms with Crippen LogP contribution in [-0.4, -0.2) is 5.78 Å². The number of hydrogen-bond donors (Lipinski definition) is 0. The van der Waals surface area contributed by atoms with Crippen LogP contribution in [0, 0.1) is 0 Å². The molecule has 2 heteroatoms. The lowest BCUT2D eigenvalue weighted by Gasteiger charge is -2.08. The van der Waals surface area contributed by atoms with Gasteiger partial charge < -0.3 is 4.42 Å². The van der Waals surface area contributed by atoms with Crippen LogP contribution in [0.1, 0.15) is 41.6 Å². The standard InChI is InChI=1S/C14H14O2/c1-10(12-6-4-3-5-7-12)13-8-9-14(16-13)11(2)15/h3-10H,1-2H3. The molecule has 1 unspecified atom stereocenters. The zero-order valence-electron chi connectivity index (χ0n) is 9.44. The van der Waals surface area contributed by atoms with E-state index in [0.717, 1.165) is 5.76 Å². The summed E-state index contributed by atoms with van der Waals surface area (Å²) >= 11 is 0. The molecule has 0 aliphatic heterocycles. The minimum atomic E-state index is -0.0356. The molecule has 1 heterocycles. The molecule has 1 aromatic carbocycles. The van der Waals surface area contributed by atoms with Gasteiger partial charge in [0.1, 0.15) is 5.76 Å². The number of Topliss-reactive ketones (excluding diaryl/α,β-unsaturated/α-hetero) is 1. The zero-order valence-corrected chi connectivity index (χ0v) is 9.44. The van der Waals surface area contributed by atoms with Gasteiger partial charge in [0.25, 0.3) is 0 Å². The molecular weight excluding hydrogens is 200 g/mol. The second-order valence-electron chi connectivity index (χ2n) is 3.89. The first-order chi connectivity index (χ1) is 7.68. The van der Waals surface area contributed by atoms with E-state index in [-0.39, 0.29) is 11.7 Å². The van der Waals surface area contributed by atoms with Gasteiger partial charge in [-0.15, -0.1) is 0 Å². The summed E-state index contributed by atoms with van der Waals surface area (Å²) in [5.74, 6) is 1.40. The first kappa shape index (κ1) is 10.7. The van der Waals surface area contributed by atoms with Crippen molar-refractivity contribution in [2.75, 3.05) is 0 Å². The Hall–Kier alpha value is -1.83. The van der Waals surface area contributed by atoms with Crippen molar-refractivity contribution in [3.8, 4) is 0 Å². The number of benzene rings is 1. The largest absolute Gasteiger partial charge is 0.457 e. The second kappa shape index (κ2) is 4.35. The van der Waals surface area contributed by atoms with Crippen molar-refractivity contribution in [1.82, 2.24) is 0 Å². The van der Waals surface area contributed by atoms with E-state index in [1.54, 1.807) is 6.07 Å². The van der Waals surface area contributed by atoms with E-state index >= 15 is 0 Å². The monoisotopic (exact) mass is 214 g/mol. The highest BCUT2D eigenvalue weighted by Crippen LogP contribution is 2.25. The molecule has 0 fully saturated rings. The molecule has 0 aliphatic carbocycles. The first-order valence-corrected chi connectivity index (χ1v) is 5.34. The first-order valence-electron chi connectivity index (χ1n) is 5.34. The summed E-state index contributed by atoms with van der Waals surface area (Å²) in [5, 5.41) is 0. The Balaban J connectivity index is 2.27. The average Bonchev–Trinajstić information content (AvgIpc) is 2.78. The molecule has 0 bridgehead atoms. The van der Waals surface area contributed by atoms with Crippen LogP contribution in [0.5, 0.6) is 0 Å². The molecule has 2 rings (SSSR count). The highest BCUT2D eigenvalue weighted by atomic mass is 16.3. The summed E-state index contributed by atoms with van der Waals surface area (Å²) in [6, 6.07) is 13.7. The van der Waals surface area contributed by atoms with Crippen LogP contribution in [-0.2, 0) is 0 Å². The van der Waals surface area contributed by atoms with Gasteiger partial charge in [0.15, 0.2) is 11.5 Å². The normalized spacial score (nSPS) is 12.4. The van der Waals surface area contributed by atoms with Crippen LogP contribution in [0.25, 0.3) is 0 Å². The van der Waals surface area contributed by atoms with Crippen molar-refractivity contribution >= 4 is 5.78 Å². The fraction of sp³-hybridized carbons (Fsp3) is 0.214.